The van der Waals surface area contributed by atoms with E-state index >= 15 is 0 Å². The van der Waals surface area contributed by atoms with Crippen molar-refractivity contribution in [2.24, 2.45) is 0 Å². The van der Waals surface area contributed by atoms with Gasteiger partial charge in [-0.25, -0.2) is 0 Å². The molecule has 2 aliphatic heterocycles. The van der Waals surface area contributed by atoms with Gasteiger partial charge in [-0.15, -0.1) is 0 Å². The number of fused-ring (bicyclic) bond motifs is 5. The third-order valence-corrected chi connectivity index (χ3v) is 4.97. The summed E-state index contributed by atoms with van der Waals surface area (Å²) in [6.07, 6.45) is 0. The van der Waals surface area contributed by atoms with Crippen molar-refractivity contribution >= 4 is 0 Å². The Kier molecular flexibility index (Phi) is 2.48. The van der Waals surface area contributed by atoms with Crippen molar-refractivity contribution in [1.29, 1.82) is 0 Å². The van der Waals surface area contributed by atoms with Crippen LogP contribution in [-0.4, -0.2) is 20.0 Å². The number of hydrogen-bond donors (Lipinski definition) is 0. The van der Waals surface area contributed by atoms with Crippen LogP contribution >= 0.6 is 0 Å². The Bertz CT molecular complexity index is 708. The summed E-state index contributed by atoms with van der Waals surface area (Å²) in [6.45, 7) is 4.12. The van der Waals surface area contributed by atoms with E-state index in [9.17, 15) is 0 Å². The van der Waals surface area contributed by atoms with Crippen LogP contribution in [0, 0.1) is 0 Å². The largest absolute Gasteiger partial charge is 0.497 e. The molecular formula is C18H18O4. The first kappa shape index (κ1) is 13.3. The molecule has 0 saturated carbocycles. The van der Waals surface area contributed by atoms with E-state index in [0.29, 0.717) is 0 Å². The summed E-state index contributed by atoms with van der Waals surface area (Å²) in [7, 11) is 3.34. The Morgan fingerprint density at radius 2 is 1.23 bits per heavy atom. The number of benzene rings is 2. The first-order chi connectivity index (χ1) is 10.5. The highest BCUT2D eigenvalue weighted by Gasteiger charge is 2.63. The van der Waals surface area contributed by atoms with Gasteiger partial charge < -0.3 is 18.9 Å². The fourth-order valence-electron chi connectivity index (χ4n) is 3.51. The molecule has 2 aromatic rings. The average Bonchev–Trinajstić information content (AvgIpc) is 2.88. The molecular weight excluding hydrogens is 280 g/mol. The molecule has 0 N–H and O–H groups in total. The molecule has 2 aromatic carbocycles. The lowest BCUT2D eigenvalue weighted by Crippen LogP contribution is -2.47. The summed E-state index contributed by atoms with van der Waals surface area (Å²) in [4.78, 5) is 0. The van der Waals surface area contributed by atoms with Crippen molar-refractivity contribution in [1.82, 2.24) is 0 Å². The topological polar surface area (TPSA) is 36.9 Å². The molecule has 0 unspecified atom stereocenters. The zero-order valence-electron chi connectivity index (χ0n) is 13.1. The van der Waals surface area contributed by atoms with Crippen LogP contribution in [0.5, 0.6) is 23.0 Å². The lowest BCUT2D eigenvalue weighted by molar-refractivity contribution is -0.0992. The van der Waals surface area contributed by atoms with Gasteiger partial charge in [0.2, 0.25) is 0 Å². The second-order valence-corrected chi connectivity index (χ2v) is 6.00. The van der Waals surface area contributed by atoms with Crippen molar-refractivity contribution in [2.75, 3.05) is 14.2 Å². The first-order valence-electron chi connectivity index (χ1n) is 7.27. The maximum atomic E-state index is 6.16. The summed E-state index contributed by atoms with van der Waals surface area (Å²) in [6, 6.07) is 11.7. The summed E-state index contributed by atoms with van der Waals surface area (Å²) >= 11 is 0. The maximum Gasteiger partial charge on any atom is 0.262 e. The normalized spacial score (nSPS) is 27.3. The first-order valence-corrected chi connectivity index (χ1v) is 7.27. The van der Waals surface area contributed by atoms with Crippen LogP contribution < -0.4 is 18.9 Å². The van der Waals surface area contributed by atoms with Gasteiger partial charge >= 0.3 is 0 Å². The van der Waals surface area contributed by atoms with E-state index in [1.54, 1.807) is 14.2 Å². The van der Waals surface area contributed by atoms with E-state index in [4.69, 9.17) is 18.9 Å². The molecule has 4 rings (SSSR count). The van der Waals surface area contributed by atoms with Crippen LogP contribution in [0.2, 0.25) is 0 Å². The third kappa shape index (κ3) is 1.42. The number of hydrogen-bond acceptors (Lipinski definition) is 4. The SMILES string of the molecule is COc1ccc2c(c1)C1(C)c3cc(OC)ccc3OC1(C)O2. The molecule has 2 aliphatic rings. The van der Waals surface area contributed by atoms with Crippen LogP contribution in [0.1, 0.15) is 25.0 Å². The zero-order valence-corrected chi connectivity index (χ0v) is 13.1. The summed E-state index contributed by atoms with van der Waals surface area (Å²) in [5.74, 6) is 2.52. The van der Waals surface area contributed by atoms with Gasteiger partial charge in [-0.1, -0.05) is 0 Å². The Morgan fingerprint density at radius 3 is 1.64 bits per heavy atom. The molecule has 114 valence electrons. The van der Waals surface area contributed by atoms with Crippen LogP contribution in [-0.2, 0) is 5.41 Å². The molecule has 0 saturated heterocycles. The quantitative estimate of drug-likeness (QED) is 0.850. The van der Waals surface area contributed by atoms with Gasteiger partial charge in [0.1, 0.15) is 28.4 Å². The van der Waals surface area contributed by atoms with Crippen molar-refractivity contribution in [3.05, 3.63) is 47.5 Å². The smallest absolute Gasteiger partial charge is 0.262 e. The average molecular weight is 298 g/mol. The molecule has 0 aliphatic carbocycles. The highest BCUT2D eigenvalue weighted by molar-refractivity contribution is 5.62. The van der Waals surface area contributed by atoms with Crippen LogP contribution in [0.4, 0.5) is 0 Å². The number of rotatable bonds is 2. The molecule has 0 fully saturated rings. The molecule has 0 amide bonds. The molecule has 0 spiro atoms. The Labute approximate surface area is 129 Å². The Hall–Kier alpha value is -2.36. The fourth-order valence-corrected chi connectivity index (χ4v) is 3.51. The molecule has 4 nitrogen and oxygen atoms in total. The molecule has 0 bridgehead atoms. The van der Waals surface area contributed by atoms with Gasteiger partial charge in [0.25, 0.3) is 5.79 Å². The van der Waals surface area contributed by atoms with Crippen molar-refractivity contribution in [3.63, 3.8) is 0 Å². The minimum Gasteiger partial charge on any atom is -0.497 e. The molecule has 0 aromatic heterocycles. The lowest BCUT2D eigenvalue weighted by Gasteiger charge is -2.31. The molecule has 2 heterocycles. The van der Waals surface area contributed by atoms with Crippen LogP contribution in [0.25, 0.3) is 0 Å². The van der Waals surface area contributed by atoms with E-state index in [-0.39, 0.29) is 0 Å². The Morgan fingerprint density at radius 1 is 0.773 bits per heavy atom. The van der Waals surface area contributed by atoms with Gasteiger partial charge in [-0.3, -0.25) is 0 Å². The van der Waals surface area contributed by atoms with E-state index in [1.165, 1.54) is 0 Å². The fraction of sp³-hybridized carbons (Fsp3) is 0.333. The van der Waals surface area contributed by atoms with Crippen molar-refractivity contribution in [3.8, 4) is 23.0 Å². The highest BCUT2D eigenvalue weighted by Crippen LogP contribution is 2.60. The molecule has 4 heteroatoms. The predicted molar refractivity (Wildman–Crippen MR) is 82.1 cm³/mol. The zero-order chi connectivity index (χ0) is 15.5. The van der Waals surface area contributed by atoms with Crippen molar-refractivity contribution < 1.29 is 18.9 Å². The van der Waals surface area contributed by atoms with Crippen molar-refractivity contribution in [2.45, 2.75) is 25.0 Å². The summed E-state index contributed by atoms with van der Waals surface area (Å²) in [5, 5.41) is 0. The lowest BCUT2D eigenvalue weighted by atomic mass is 9.73. The Balaban J connectivity index is 1.98. The summed E-state index contributed by atoms with van der Waals surface area (Å²) < 4.78 is 23.1. The molecule has 22 heavy (non-hydrogen) atoms. The van der Waals surface area contributed by atoms with E-state index < -0.39 is 11.2 Å². The molecule has 0 radical (unpaired) electrons. The number of methoxy groups -OCH3 is 2. The van der Waals surface area contributed by atoms with Crippen LogP contribution in [0.15, 0.2) is 36.4 Å². The third-order valence-electron chi connectivity index (χ3n) is 4.97. The predicted octanol–water partition coefficient (Wildman–Crippen LogP) is 3.51. The van der Waals surface area contributed by atoms with Gasteiger partial charge in [0, 0.05) is 18.1 Å². The van der Waals surface area contributed by atoms with Gasteiger partial charge in [0.15, 0.2) is 0 Å². The van der Waals surface area contributed by atoms with E-state index in [2.05, 4.69) is 6.92 Å². The molecule has 0 atom stereocenters. The second kappa shape index (κ2) is 4.09. The minimum atomic E-state index is -0.767. The van der Waals surface area contributed by atoms with Crippen LogP contribution in [0.3, 0.4) is 0 Å². The van der Waals surface area contributed by atoms with Gasteiger partial charge in [-0.05, 0) is 43.3 Å². The minimum absolute atomic E-state index is 0.416. The maximum absolute atomic E-state index is 6.16. The van der Waals surface area contributed by atoms with Gasteiger partial charge in [-0.2, -0.15) is 0 Å². The van der Waals surface area contributed by atoms with Gasteiger partial charge in [0.05, 0.1) is 14.2 Å². The summed E-state index contributed by atoms with van der Waals surface area (Å²) in [5.41, 5.74) is 1.73. The van der Waals surface area contributed by atoms with E-state index in [0.717, 1.165) is 34.1 Å². The van der Waals surface area contributed by atoms with E-state index in [1.807, 2.05) is 43.3 Å². The monoisotopic (exact) mass is 298 g/mol. The standard InChI is InChI=1S/C18H18O4/c1-17-13-9-11(19-3)5-7-15(13)21-18(17,2)22-16-8-6-12(20-4)10-14(16)17/h5-10H,1-4H3. The second-order valence-electron chi connectivity index (χ2n) is 6.00. The highest BCUT2D eigenvalue weighted by atomic mass is 16.7. The number of ether oxygens (including phenoxy) is 4.